The zero-order valence-corrected chi connectivity index (χ0v) is 18.6. The number of morpholine rings is 1. The summed E-state index contributed by atoms with van der Waals surface area (Å²) in [6, 6.07) is 15.1. The predicted molar refractivity (Wildman–Crippen MR) is 120 cm³/mol. The van der Waals surface area contributed by atoms with E-state index in [0.29, 0.717) is 26.3 Å². The molecule has 0 bridgehead atoms. The summed E-state index contributed by atoms with van der Waals surface area (Å²) in [5.41, 5.74) is 3.34. The quantitative estimate of drug-likeness (QED) is 0.670. The Kier molecular flexibility index (Phi) is 6.55. The van der Waals surface area contributed by atoms with E-state index < -0.39 is 10.0 Å². The summed E-state index contributed by atoms with van der Waals surface area (Å²) >= 11 is 0. The first-order chi connectivity index (χ1) is 15.0. The average molecular weight is 441 g/mol. The number of nitrogens with zero attached hydrogens (tertiary/aromatic N) is 2. The van der Waals surface area contributed by atoms with Crippen LogP contribution in [0.5, 0.6) is 0 Å². The summed E-state index contributed by atoms with van der Waals surface area (Å²) in [6.07, 6.45) is 6.38. The highest BCUT2D eigenvalue weighted by atomic mass is 32.2. The van der Waals surface area contributed by atoms with Gasteiger partial charge < -0.3 is 9.64 Å². The van der Waals surface area contributed by atoms with E-state index in [1.807, 2.05) is 19.2 Å². The number of carbonyl (C=O) groups excluding carboxylic acids is 1. The van der Waals surface area contributed by atoms with E-state index in [2.05, 4.69) is 12.1 Å². The fraction of sp³-hybridized carbons (Fsp3) is 0.375. The first-order valence-electron chi connectivity index (χ1n) is 10.7. The highest BCUT2D eigenvalue weighted by Crippen LogP contribution is 2.33. The second-order valence-corrected chi connectivity index (χ2v) is 9.91. The average Bonchev–Trinajstić information content (AvgIpc) is 2.82. The van der Waals surface area contributed by atoms with Crippen LogP contribution in [0.2, 0.25) is 0 Å². The minimum absolute atomic E-state index is 0.0632. The summed E-state index contributed by atoms with van der Waals surface area (Å²) in [7, 11) is -1.67. The molecule has 0 radical (unpaired) electrons. The lowest BCUT2D eigenvalue weighted by molar-refractivity contribution is -0.127. The molecule has 0 N–H and O–H groups in total. The maximum atomic E-state index is 12.8. The van der Waals surface area contributed by atoms with Crippen LogP contribution in [0.3, 0.4) is 0 Å². The van der Waals surface area contributed by atoms with Crippen LogP contribution in [0.15, 0.2) is 59.5 Å². The molecule has 1 heterocycles. The molecular weight excluding hydrogens is 412 g/mol. The zero-order chi connectivity index (χ0) is 21.8. The third-order valence-electron chi connectivity index (χ3n) is 6.06. The molecule has 0 spiro atoms. The summed E-state index contributed by atoms with van der Waals surface area (Å²) < 4.78 is 32.1. The topological polar surface area (TPSA) is 66.9 Å². The molecule has 6 nitrogen and oxygen atoms in total. The van der Waals surface area contributed by atoms with E-state index in [1.54, 1.807) is 41.3 Å². The van der Waals surface area contributed by atoms with Crippen LogP contribution >= 0.6 is 0 Å². The third kappa shape index (κ3) is 4.74. The largest absolute Gasteiger partial charge is 0.379 e. The number of carbonyl (C=O) groups is 1. The van der Waals surface area contributed by atoms with E-state index >= 15 is 0 Å². The molecule has 7 heteroatoms. The van der Waals surface area contributed by atoms with Crippen molar-refractivity contribution in [2.45, 2.75) is 30.2 Å². The Morgan fingerprint density at radius 2 is 1.81 bits per heavy atom. The number of likely N-dealkylation sites (N-methyl/N-ethyl adjacent to an activating group) is 1. The second-order valence-electron chi connectivity index (χ2n) is 7.97. The molecule has 1 fully saturated rings. The zero-order valence-electron chi connectivity index (χ0n) is 17.7. The maximum Gasteiger partial charge on any atom is 0.246 e. The predicted octanol–water partition coefficient (Wildman–Crippen LogP) is 3.26. The molecule has 1 unspecified atom stereocenters. The second kappa shape index (κ2) is 9.34. The number of rotatable bonds is 5. The summed E-state index contributed by atoms with van der Waals surface area (Å²) in [5, 5.41) is 0. The minimum Gasteiger partial charge on any atom is -0.379 e. The van der Waals surface area contributed by atoms with Gasteiger partial charge >= 0.3 is 0 Å². The number of aryl methyl sites for hydroxylation is 1. The minimum atomic E-state index is -3.51. The molecule has 0 aromatic heterocycles. The van der Waals surface area contributed by atoms with E-state index in [-0.39, 0.29) is 16.8 Å². The molecule has 4 rings (SSSR count). The van der Waals surface area contributed by atoms with Gasteiger partial charge in [-0.05, 0) is 54.2 Å². The monoisotopic (exact) mass is 440 g/mol. The van der Waals surface area contributed by atoms with Gasteiger partial charge in [0.15, 0.2) is 0 Å². The Balaban J connectivity index is 1.43. The van der Waals surface area contributed by atoms with Crippen molar-refractivity contribution < 1.29 is 17.9 Å². The van der Waals surface area contributed by atoms with Crippen LogP contribution in [0.25, 0.3) is 6.08 Å². The fourth-order valence-corrected chi connectivity index (χ4v) is 5.66. The van der Waals surface area contributed by atoms with Gasteiger partial charge in [0.2, 0.25) is 15.9 Å². The normalized spacial score (nSPS) is 19.8. The van der Waals surface area contributed by atoms with Crippen LogP contribution in [-0.4, -0.2) is 56.9 Å². The molecule has 1 saturated heterocycles. The number of ether oxygens (including phenoxy) is 1. The van der Waals surface area contributed by atoms with Gasteiger partial charge in [-0.1, -0.05) is 36.4 Å². The first kappa shape index (κ1) is 21.7. The smallest absolute Gasteiger partial charge is 0.246 e. The van der Waals surface area contributed by atoms with Crippen LogP contribution in [0.4, 0.5) is 0 Å². The molecule has 2 aromatic rings. The summed E-state index contributed by atoms with van der Waals surface area (Å²) in [4.78, 5) is 14.8. The first-order valence-corrected chi connectivity index (χ1v) is 12.1. The standard InChI is InChI=1S/C24H28N2O4S/c1-25(23-8-4-6-20-5-2-3-7-22(20)23)24(27)14-11-19-9-12-21(13-10-19)31(28,29)26-15-17-30-18-16-26/h2-3,5,7,9-14,23H,4,6,8,15-18H2,1H3/b14-11+. The molecular formula is C24H28N2O4S. The lowest BCUT2D eigenvalue weighted by atomic mass is 9.87. The number of benzene rings is 2. The van der Waals surface area contributed by atoms with Crippen molar-refractivity contribution in [2.75, 3.05) is 33.4 Å². The summed E-state index contributed by atoms with van der Waals surface area (Å²) in [6.45, 7) is 1.58. The Morgan fingerprint density at radius 3 is 2.55 bits per heavy atom. The molecule has 31 heavy (non-hydrogen) atoms. The molecule has 164 valence electrons. The molecule has 0 saturated carbocycles. The molecule has 1 atom stereocenters. The lowest BCUT2D eigenvalue weighted by Gasteiger charge is -2.32. The number of hydrogen-bond donors (Lipinski definition) is 0. The van der Waals surface area contributed by atoms with Crippen molar-refractivity contribution >= 4 is 22.0 Å². The van der Waals surface area contributed by atoms with Crippen molar-refractivity contribution in [1.29, 1.82) is 0 Å². The maximum absolute atomic E-state index is 12.8. The molecule has 2 aliphatic rings. The number of hydrogen-bond acceptors (Lipinski definition) is 4. The van der Waals surface area contributed by atoms with Crippen LogP contribution in [0, 0.1) is 0 Å². The van der Waals surface area contributed by atoms with Gasteiger partial charge in [-0.25, -0.2) is 8.42 Å². The van der Waals surface area contributed by atoms with Crippen LogP contribution in [-0.2, 0) is 26.0 Å². The van der Waals surface area contributed by atoms with E-state index in [0.717, 1.165) is 24.8 Å². The Labute approximate surface area is 184 Å². The summed E-state index contributed by atoms with van der Waals surface area (Å²) in [5.74, 6) is -0.0632. The fourth-order valence-electron chi connectivity index (χ4n) is 4.26. The molecule has 2 aromatic carbocycles. The van der Waals surface area contributed by atoms with Crippen molar-refractivity contribution in [3.8, 4) is 0 Å². The van der Waals surface area contributed by atoms with Crippen molar-refractivity contribution in [3.05, 3.63) is 71.3 Å². The number of fused-ring (bicyclic) bond motifs is 1. The molecule has 1 amide bonds. The van der Waals surface area contributed by atoms with Crippen LogP contribution in [0.1, 0.15) is 35.6 Å². The van der Waals surface area contributed by atoms with Crippen LogP contribution < -0.4 is 0 Å². The van der Waals surface area contributed by atoms with Gasteiger partial charge in [-0.2, -0.15) is 4.31 Å². The van der Waals surface area contributed by atoms with Crippen molar-refractivity contribution in [2.24, 2.45) is 0 Å². The van der Waals surface area contributed by atoms with Gasteiger partial charge in [0.1, 0.15) is 0 Å². The van der Waals surface area contributed by atoms with Gasteiger partial charge in [-0.3, -0.25) is 4.79 Å². The van der Waals surface area contributed by atoms with E-state index in [4.69, 9.17) is 4.74 Å². The molecule has 1 aliphatic heterocycles. The van der Waals surface area contributed by atoms with Gasteiger partial charge in [0.05, 0.1) is 24.2 Å². The molecule has 1 aliphatic carbocycles. The van der Waals surface area contributed by atoms with Crippen molar-refractivity contribution in [3.63, 3.8) is 0 Å². The third-order valence-corrected chi connectivity index (χ3v) is 7.97. The highest BCUT2D eigenvalue weighted by molar-refractivity contribution is 7.89. The van der Waals surface area contributed by atoms with Gasteiger partial charge in [0, 0.05) is 26.2 Å². The Morgan fingerprint density at radius 1 is 1.10 bits per heavy atom. The van der Waals surface area contributed by atoms with E-state index in [9.17, 15) is 13.2 Å². The van der Waals surface area contributed by atoms with Crippen molar-refractivity contribution in [1.82, 2.24) is 9.21 Å². The Hall–Kier alpha value is -2.48. The van der Waals surface area contributed by atoms with Gasteiger partial charge in [0.25, 0.3) is 0 Å². The highest BCUT2D eigenvalue weighted by Gasteiger charge is 2.27. The SMILES string of the molecule is CN(C(=O)/C=C/c1ccc(S(=O)(=O)N2CCOCC2)cc1)C1CCCc2ccccc21. The Bertz CT molecular complexity index is 1060. The number of sulfonamides is 1. The number of amides is 1. The lowest BCUT2D eigenvalue weighted by Crippen LogP contribution is -2.40. The van der Waals surface area contributed by atoms with E-state index in [1.165, 1.54) is 15.4 Å². The van der Waals surface area contributed by atoms with Gasteiger partial charge in [-0.15, -0.1) is 0 Å².